The summed E-state index contributed by atoms with van der Waals surface area (Å²) in [5, 5.41) is 14.8. The first-order chi connectivity index (χ1) is 7.47. The van der Waals surface area contributed by atoms with Gasteiger partial charge in [0.2, 0.25) is 5.91 Å². The Kier molecular flexibility index (Phi) is 7.29. The molecule has 0 aliphatic heterocycles. The lowest BCUT2D eigenvalue weighted by Crippen LogP contribution is -2.55. The molecule has 0 aromatic heterocycles. The molecular formula is C11H24N2O3. The van der Waals surface area contributed by atoms with Crippen molar-refractivity contribution >= 4 is 5.91 Å². The molecule has 0 spiro atoms. The third-order valence-corrected chi connectivity index (χ3v) is 2.37. The first-order valence-electron chi connectivity index (χ1n) is 5.63. The van der Waals surface area contributed by atoms with E-state index in [4.69, 9.17) is 9.84 Å². The predicted molar refractivity (Wildman–Crippen MR) is 63.3 cm³/mol. The van der Waals surface area contributed by atoms with Crippen molar-refractivity contribution in [2.24, 2.45) is 0 Å². The molecule has 1 atom stereocenters. The fourth-order valence-electron chi connectivity index (χ4n) is 1.44. The lowest BCUT2D eigenvalue weighted by molar-refractivity contribution is -0.127. The first kappa shape index (κ1) is 15.3. The molecule has 96 valence electrons. The molecule has 5 heteroatoms. The highest BCUT2D eigenvalue weighted by Gasteiger charge is 2.27. The standard InChI is InChI=1S/C11H24N2O3/c1-5-12-11(2,3)10(15)13-9(6-7-14)8-16-4/h9,12,14H,5-8H2,1-4H3,(H,13,15). The largest absolute Gasteiger partial charge is 0.396 e. The quantitative estimate of drug-likeness (QED) is 0.546. The first-order valence-corrected chi connectivity index (χ1v) is 5.63. The normalized spacial score (nSPS) is 13.6. The molecule has 0 aliphatic carbocycles. The number of rotatable bonds is 8. The van der Waals surface area contributed by atoms with E-state index in [9.17, 15) is 4.79 Å². The van der Waals surface area contributed by atoms with Gasteiger partial charge in [0.25, 0.3) is 0 Å². The second kappa shape index (κ2) is 7.60. The molecular weight excluding hydrogens is 208 g/mol. The fourth-order valence-corrected chi connectivity index (χ4v) is 1.44. The summed E-state index contributed by atoms with van der Waals surface area (Å²) in [6, 6.07) is -0.138. The minimum atomic E-state index is -0.601. The van der Waals surface area contributed by atoms with Crippen LogP contribution in [0.3, 0.4) is 0 Å². The highest BCUT2D eigenvalue weighted by molar-refractivity contribution is 5.85. The zero-order chi connectivity index (χ0) is 12.6. The molecule has 0 radical (unpaired) electrons. The van der Waals surface area contributed by atoms with Gasteiger partial charge in [0.1, 0.15) is 0 Å². The number of nitrogens with one attached hydrogen (secondary N) is 2. The second-order valence-electron chi connectivity index (χ2n) is 4.29. The highest BCUT2D eigenvalue weighted by atomic mass is 16.5. The number of aliphatic hydroxyl groups excluding tert-OH is 1. The summed E-state index contributed by atoms with van der Waals surface area (Å²) in [5.41, 5.74) is -0.601. The predicted octanol–water partition coefficient (Wildman–Crippen LogP) is -0.112. The van der Waals surface area contributed by atoms with E-state index < -0.39 is 5.54 Å². The molecule has 0 heterocycles. The van der Waals surface area contributed by atoms with Gasteiger partial charge in [-0.05, 0) is 26.8 Å². The van der Waals surface area contributed by atoms with Crippen LogP contribution in [0.25, 0.3) is 0 Å². The molecule has 1 amide bonds. The van der Waals surface area contributed by atoms with Gasteiger partial charge in [-0.1, -0.05) is 6.92 Å². The SMILES string of the molecule is CCNC(C)(C)C(=O)NC(CCO)COC. The summed E-state index contributed by atoms with van der Waals surface area (Å²) >= 11 is 0. The Labute approximate surface area is 97.6 Å². The van der Waals surface area contributed by atoms with E-state index in [0.29, 0.717) is 13.0 Å². The smallest absolute Gasteiger partial charge is 0.240 e. The number of amides is 1. The van der Waals surface area contributed by atoms with Crippen molar-refractivity contribution in [3.8, 4) is 0 Å². The highest BCUT2D eigenvalue weighted by Crippen LogP contribution is 2.03. The molecule has 0 saturated carbocycles. The van der Waals surface area contributed by atoms with Gasteiger partial charge in [-0.25, -0.2) is 0 Å². The van der Waals surface area contributed by atoms with Gasteiger partial charge in [0, 0.05) is 13.7 Å². The Morgan fingerprint density at radius 2 is 2.12 bits per heavy atom. The second-order valence-corrected chi connectivity index (χ2v) is 4.29. The number of carbonyl (C=O) groups excluding carboxylic acids is 1. The van der Waals surface area contributed by atoms with Gasteiger partial charge >= 0.3 is 0 Å². The van der Waals surface area contributed by atoms with Crippen molar-refractivity contribution in [2.75, 3.05) is 26.9 Å². The molecule has 0 aromatic carbocycles. The fraction of sp³-hybridized carbons (Fsp3) is 0.909. The Hall–Kier alpha value is -0.650. The van der Waals surface area contributed by atoms with E-state index in [2.05, 4.69) is 10.6 Å². The number of likely N-dealkylation sites (N-methyl/N-ethyl adjacent to an activating group) is 1. The van der Waals surface area contributed by atoms with Crippen molar-refractivity contribution < 1.29 is 14.6 Å². The van der Waals surface area contributed by atoms with Crippen LogP contribution in [0.4, 0.5) is 0 Å². The van der Waals surface area contributed by atoms with Crippen LogP contribution in [0.2, 0.25) is 0 Å². The summed E-state index contributed by atoms with van der Waals surface area (Å²) in [4.78, 5) is 11.9. The van der Waals surface area contributed by atoms with Crippen molar-refractivity contribution in [1.29, 1.82) is 0 Å². The third kappa shape index (κ3) is 5.44. The van der Waals surface area contributed by atoms with E-state index in [1.54, 1.807) is 7.11 Å². The van der Waals surface area contributed by atoms with Crippen molar-refractivity contribution in [3.05, 3.63) is 0 Å². The zero-order valence-corrected chi connectivity index (χ0v) is 10.7. The molecule has 0 rings (SSSR count). The monoisotopic (exact) mass is 232 g/mol. The Morgan fingerprint density at radius 1 is 1.50 bits per heavy atom. The summed E-state index contributed by atoms with van der Waals surface area (Å²) < 4.78 is 4.98. The van der Waals surface area contributed by atoms with Crippen molar-refractivity contribution in [1.82, 2.24) is 10.6 Å². The number of hydrogen-bond donors (Lipinski definition) is 3. The molecule has 0 aliphatic rings. The number of carbonyl (C=O) groups is 1. The van der Waals surface area contributed by atoms with Crippen molar-refractivity contribution in [3.63, 3.8) is 0 Å². The molecule has 3 N–H and O–H groups in total. The lowest BCUT2D eigenvalue weighted by atomic mass is 10.0. The number of hydrogen-bond acceptors (Lipinski definition) is 4. The topological polar surface area (TPSA) is 70.6 Å². The van der Waals surface area contributed by atoms with Gasteiger partial charge in [0.05, 0.1) is 18.2 Å². The number of methoxy groups -OCH3 is 1. The Balaban J connectivity index is 4.26. The van der Waals surface area contributed by atoms with Gasteiger partial charge in [-0.3, -0.25) is 4.79 Å². The van der Waals surface area contributed by atoms with E-state index in [1.807, 2.05) is 20.8 Å². The third-order valence-electron chi connectivity index (χ3n) is 2.37. The van der Waals surface area contributed by atoms with Gasteiger partial charge in [0.15, 0.2) is 0 Å². The van der Waals surface area contributed by atoms with E-state index in [1.165, 1.54) is 0 Å². The molecule has 1 unspecified atom stereocenters. The van der Waals surface area contributed by atoms with Crippen LogP contribution in [-0.4, -0.2) is 49.5 Å². The summed E-state index contributed by atoms with van der Waals surface area (Å²) in [7, 11) is 1.58. The average Bonchev–Trinajstić information content (AvgIpc) is 2.18. The molecule has 0 fully saturated rings. The molecule has 16 heavy (non-hydrogen) atoms. The summed E-state index contributed by atoms with van der Waals surface area (Å²) in [6.07, 6.45) is 0.502. The molecule has 5 nitrogen and oxygen atoms in total. The van der Waals surface area contributed by atoms with Gasteiger partial charge in [-0.2, -0.15) is 0 Å². The average molecular weight is 232 g/mol. The van der Waals surface area contributed by atoms with Crippen LogP contribution in [0.1, 0.15) is 27.2 Å². The van der Waals surface area contributed by atoms with E-state index >= 15 is 0 Å². The van der Waals surface area contributed by atoms with Crippen LogP contribution in [0, 0.1) is 0 Å². The van der Waals surface area contributed by atoms with E-state index in [-0.39, 0.29) is 18.6 Å². The van der Waals surface area contributed by atoms with Crippen LogP contribution in [0.15, 0.2) is 0 Å². The molecule has 0 saturated heterocycles. The van der Waals surface area contributed by atoms with Crippen LogP contribution >= 0.6 is 0 Å². The zero-order valence-electron chi connectivity index (χ0n) is 10.7. The number of ether oxygens (including phenoxy) is 1. The summed E-state index contributed by atoms with van der Waals surface area (Å²) in [6.45, 7) is 6.79. The Bertz CT molecular complexity index is 201. The van der Waals surface area contributed by atoms with Crippen LogP contribution in [-0.2, 0) is 9.53 Å². The minimum Gasteiger partial charge on any atom is -0.396 e. The van der Waals surface area contributed by atoms with E-state index in [0.717, 1.165) is 6.54 Å². The summed E-state index contributed by atoms with van der Waals surface area (Å²) in [5.74, 6) is -0.0788. The lowest BCUT2D eigenvalue weighted by Gasteiger charge is -2.27. The van der Waals surface area contributed by atoms with Crippen molar-refractivity contribution in [2.45, 2.75) is 38.8 Å². The molecule has 0 aromatic rings. The van der Waals surface area contributed by atoms with Gasteiger partial charge in [-0.15, -0.1) is 0 Å². The maximum atomic E-state index is 11.9. The van der Waals surface area contributed by atoms with Crippen LogP contribution in [0.5, 0.6) is 0 Å². The maximum Gasteiger partial charge on any atom is 0.240 e. The minimum absolute atomic E-state index is 0.0376. The van der Waals surface area contributed by atoms with Crippen LogP contribution < -0.4 is 10.6 Å². The van der Waals surface area contributed by atoms with Gasteiger partial charge < -0.3 is 20.5 Å². The Morgan fingerprint density at radius 3 is 2.56 bits per heavy atom. The molecule has 0 bridgehead atoms. The number of aliphatic hydroxyl groups is 1. The maximum absolute atomic E-state index is 11.9.